The van der Waals surface area contributed by atoms with Crippen molar-refractivity contribution in [1.29, 1.82) is 0 Å². The Balaban J connectivity index is 1.76. The number of esters is 1. The third-order valence-electron chi connectivity index (χ3n) is 5.56. The molecule has 5 rings (SSSR count). The van der Waals surface area contributed by atoms with E-state index >= 15 is 0 Å². The van der Waals surface area contributed by atoms with Crippen LogP contribution in [0.15, 0.2) is 91.0 Å². The van der Waals surface area contributed by atoms with Gasteiger partial charge in [-0.25, -0.2) is 4.79 Å². The predicted octanol–water partition coefficient (Wildman–Crippen LogP) is 5.05. The number of hydrogen-bond donors (Lipinski definition) is 0. The van der Waals surface area contributed by atoms with E-state index in [1.54, 1.807) is 0 Å². The van der Waals surface area contributed by atoms with E-state index in [4.69, 9.17) is 9.47 Å². The van der Waals surface area contributed by atoms with E-state index in [2.05, 4.69) is 12.1 Å². The standard InChI is InChI=1S/C25H20O3/c26-24-22(19-12-6-2-7-13-19)23(20-14-8-3-9-15-20)25(28-24)21(16-17-27-25)18-10-4-1-5-11-18/h1-15,21H,16-17H2/t21-,25+/m1/s1. The van der Waals surface area contributed by atoms with Gasteiger partial charge in [0.25, 0.3) is 0 Å². The smallest absolute Gasteiger partial charge is 0.342 e. The summed E-state index contributed by atoms with van der Waals surface area (Å²) in [5.74, 6) is -1.47. The maximum atomic E-state index is 13.1. The van der Waals surface area contributed by atoms with Gasteiger partial charge in [0.05, 0.1) is 18.1 Å². The molecular formula is C25H20O3. The van der Waals surface area contributed by atoms with Gasteiger partial charge in [-0.2, -0.15) is 0 Å². The van der Waals surface area contributed by atoms with Crippen LogP contribution in [0, 0.1) is 0 Å². The first-order valence-corrected chi connectivity index (χ1v) is 9.57. The van der Waals surface area contributed by atoms with Gasteiger partial charge in [-0.1, -0.05) is 91.0 Å². The van der Waals surface area contributed by atoms with Gasteiger partial charge in [-0.15, -0.1) is 0 Å². The van der Waals surface area contributed by atoms with Crippen molar-refractivity contribution in [3.8, 4) is 0 Å². The number of benzene rings is 3. The molecule has 0 aromatic heterocycles. The first-order chi connectivity index (χ1) is 13.8. The van der Waals surface area contributed by atoms with Gasteiger partial charge >= 0.3 is 5.97 Å². The van der Waals surface area contributed by atoms with E-state index in [0.29, 0.717) is 12.2 Å². The quantitative estimate of drug-likeness (QED) is 0.607. The summed E-state index contributed by atoms with van der Waals surface area (Å²) < 4.78 is 12.3. The van der Waals surface area contributed by atoms with E-state index in [1.807, 2.05) is 78.9 Å². The lowest BCUT2D eigenvalue weighted by Gasteiger charge is -2.32. The Hall–Kier alpha value is -3.17. The zero-order valence-corrected chi connectivity index (χ0v) is 15.4. The van der Waals surface area contributed by atoms with Crippen LogP contribution in [0.25, 0.3) is 11.1 Å². The van der Waals surface area contributed by atoms with Crippen LogP contribution in [0.3, 0.4) is 0 Å². The highest BCUT2D eigenvalue weighted by atomic mass is 16.7. The van der Waals surface area contributed by atoms with Crippen LogP contribution in [0.4, 0.5) is 0 Å². The molecule has 1 saturated heterocycles. The van der Waals surface area contributed by atoms with Crippen molar-refractivity contribution in [3.63, 3.8) is 0 Å². The summed E-state index contributed by atoms with van der Waals surface area (Å²) in [5.41, 5.74) is 4.35. The summed E-state index contributed by atoms with van der Waals surface area (Å²) in [6.07, 6.45) is 0.801. The lowest BCUT2D eigenvalue weighted by Crippen LogP contribution is -2.36. The molecule has 0 aliphatic carbocycles. The van der Waals surface area contributed by atoms with Gasteiger partial charge in [-0.05, 0) is 23.1 Å². The fourth-order valence-corrected chi connectivity index (χ4v) is 4.37. The second-order valence-corrected chi connectivity index (χ2v) is 7.14. The molecule has 0 radical (unpaired) electrons. The molecule has 0 N–H and O–H groups in total. The summed E-state index contributed by atoms with van der Waals surface area (Å²) in [6, 6.07) is 29.9. The van der Waals surface area contributed by atoms with Gasteiger partial charge in [0.15, 0.2) is 0 Å². The molecule has 0 saturated carbocycles. The molecule has 2 heterocycles. The second-order valence-electron chi connectivity index (χ2n) is 7.14. The molecule has 1 spiro atoms. The average Bonchev–Trinajstić information content (AvgIpc) is 3.30. The largest absolute Gasteiger partial charge is 0.424 e. The lowest BCUT2D eigenvalue weighted by atomic mass is 9.81. The molecule has 3 aromatic rings. The molecular weight excluding hydrogens is 348 g/mol. The predicted molar refractivity (Wildman–Crippen MR) is 108 cm³/mol. The van der Waals surface area contributed by atoms with Crippen molar-refractivity contribution in [2.75, 3.05) is 6.61 Å². The second kappa shape index (κ2) is 6.77. The summed E-state index contributed by atoms with van der Waals surface area (Å²) in [4.78, 5) is 13.1. The van der Waals surface area contributed by atoms with Crippen LogP contribution in [-0.2, 0) is 14.3 Å². The first kappa shape index (κ1) is 17.0. The summed E-state index contributed by atoms with van der Waals surface area (Å²) in [7, 11) is 0. The Kier molecular flexibility index (Phi) is 4.10. The summed E-state index contributed by atoms with van der Waals surface area (Å²) in [6.45, 7) is 0.547. The van der Waals surface area contributed by atoms with Crippen LogP contribution in [0.2, 0.25) is 0 Å². The lowest BCUT2D eigenvalue weighted by molar-refractivity contribution is -0.182. The Morgan fingerprint density at radius 2 is 1.32 bits per heavy atom. The molecule has 0 amide bonds. The monoisotopic (exact) mass is 368 g/mol. The highest BCUT2D eigenvalue weighted by molar-refractivity contribution is 6.28. The zero-order valence-electron chi connectivity index (χ0n) is 15.4. The minimum Gasteiger partial charge on any atom is -0.424 e. The SMILES string of the molecule is O=C1O[C@]2(OCC[C@@H]2c2ccccc2)C(c2ccccc2)=C1c1ccccc1. The third kappa shape index (κ3) is 2.59. The number of ether oxygens (including phenoxy) is 2. The Bertz CT molecular complexity index is 1030. The Morgan fingerprint density at radius 3 is 1.96 bits per heavy atom. The van der Waals surface area contributed by atoms with Gasteiger partial charge in [-0.3, -0.25) is 0 Å². The van der Waals surface area contributed by atoms with Crippen LogP contribution < -0.4 is 0 Å². The van der Waals surface area contributed by atoms with Crippen LogP contribution in [0.1, 0.15) is 29.0 Å². The van der Waals surface area contributed by atoms with Crippen molar-refractivity contribution in [3.05, 3.63) is 108 Å². The molecule has 3 nitrogen and oxygen atoms in total. The Morgan fingerprint density at radius 1 is 0.750 bits per heavy atom. The molecule has 2 atom stereocenters. The molecule has 28 heavy (non-hydrogen) atoms. The van der Waals surface area contributed by atoms with Crippen molar-refractivity contribution in [2.45, 2.75) is 18.1 Å². The number of carbonyl (C=O) groups is 1. The van der Waals surface area contributed by atoms with Crippen molar-refractivity contribution >= 4 is 17.1 Å². The van der Waals surface area contributed by atoms with Gasteiger partial charge in [0.1, 0.15) is 0 Å². The summed E-state index contributed by atoms with van der Waals surface area (Å²) in [5, 5.41) is 0. The molecule has 0 bridgehead atoms. The highest BCUT2D eigenvalue weighted by Crippen LogP contribution is 2.55. The van der Waals surface area contributed by atoms with Crippen molar-refractivity contribution < 1.29 is 14.3 Å². The fourth-order valence-electron chi connectivity index (χ4n) is 4.37. The van der Waals surface area contributed by atoms with E-state index < -0.39 is 5.79 Å². The molecule has 138 valence electrons. The maximum Gasteiger partial charge on any atom is 0.342 e. The van der Waals surface area contributed by atoms with Crippen molar-refractivity contribution in [2.24, 2.45) is 0 Å². The molecule has 2 aliphatic rings. The van der Waals surface area contributed by atoms with E-state index in [9.17, 15) is 4.79 Å². The van der Waals surface area contributed by atoms with E-state index in [-0.39, 0.29) is 11.9 Å². The average molecular weight is 368 g/mol. The topological polar surface area (TPSA) is 35.5 Å². The fraction of sp³-hybridized carbons (Fsp3) is 0.160. The van der Waals surface area contributed by atoms with Crippen LogP contribution >= 0.6 is 0 Å². The molecule has 1 fully saturated rings. The minimum absolute atomic E-state index is 0.0472. The molecule has 3 heteroatoms. The summed E-state index contributed by atoms with van der Waals surface area (Å²) >= 11 is 0. The van der Waals surface area contributed by atoms with E-state index in [1.165, 1.54) is 0 Å². The van der Waals surface area contributed by atoms with Gasteiger partial charge in [0.2, 0.25) is 5.79 Å². The van der Waals surface area contributed by atoms with Crippen molar-refractivity contribution in [1.82, 2.24) is 0 Å². The van der Waals surface area contributed by atoms with Crippen LogP contribution in [0.5, 0.6) is 0 Å². The maximum absolute atomic E-state index is 13.1. The van der Waals surface area contributed by atoms with Gasteiger partial charge in [0, 0.05) is 5.57 Å². The number of hydrogen-bond acceptors (Lipinski definition) is 3. The highest BCUT2D eigenvalue weighted by Gasteiger charge is 2.57. The van der Waals surface area contributed by atoms with E-state index in [0.717, 1.165) is 28.7 Å². The minimum atomic E-state index is -1.09. The molecule has 3 aromatic carbocycles. The zero-order chi connectivity index (χ0) is 19.0. The Labute approximate surface area is 164 Å². The number of rotatable bonds is 3. The van der Waals surface area contributed by atoms with Crippen LogP contribution in [-0.4, -0.2) is 18.4 Å². The molecule has 2 aliphatic heterocycles. The number of carbonyl (C=O) groups excluding carboxylic acids is 1. The van der Waals surface area contributed by atoms with Gasteiger partial charge < -0.3 is 9.47 Å². The normalized spacial score (nSPS) is 24.0. The molecule has 0 unspecified atom stereocenters. The first-order valence-electron chi connectivity index (χ1n) is 9.57. The third-order valence-corrected chi connectivity index (χ3v) is 5.56.